The Morgan fingerprint density at radius 3 is 2.52 bits per heavy atom. The topological polar surface area (TPSA) is 185 Å². The Morgan fingerprint density at radius 2 is 1.75 bits per heavy atom. The molecule has 3 heterocycles. The molecule has 2 aromatic rings. The summed E-state index contributed by atoms with van der Waals surface area (Å²) in [5, 5.41) is 30.0. The lowest BCUT2D eigenvalue weighted by Gasteiger charge is -2.31. The molecule has 3 fully saturated rings. The largest absolute Gasteiger partial charge is 0.504 e. The van der Waals surface area contributed by atoms with Crippen molar-refractivity contribution in [3.63, 3.8) is 0 Å². The van der Waals surface area contributed by atoms with E-state index in [1.54, 1.807) is 0 Å². The summed E-state index contributed by atoms with van der Waals surface area (Å²) < 4.78 is 12.3. The van der Waals surface area contributed by atoms with Gasteiger partial charge in [0.25, 0.3) is 0 Å². The second-order valence-electron chi connectivity index (χ2n) is 19.5. The average molecular weight is 931 g/mol. The first-order valence-corrected chi connectivity index (χ1v) is 26.7. The van der Waals surface area contributed by atoms with Crippen molar-refractivity contribution in [2.75, 3.05) is 25.4 Å². The number of phenols is 1. The molecule has 7 rings (SSSR count). The van der Waals surface area contributed by atoms with E-state index in [4.69, 9.17) is 25.9 Å². The number of fused-ring (bicyclic) bond motifs is 4. The number of nitrogens with zero attached hydrogens (tertiary/aromatic N) is 2. The van der Waals surface area contributed by atoms with Gasteiger partial charge in [-0.2, -0.15) is 0 Å². The maximum absolute atomic E-state index is 14.2. The summed E-state index contributed by atoms with van der Waals surface area (Å²) in [6.45, 7) is 3.24. The number of aliphatic hydroxyl groups excluding tert-OH is 1. The zero-order valence-corrected chi connectivity index (χ0v) is 40.2. The molecule has 5 aliphatic rings. The van der Waals surface area contributed by atoms with Crippen LogP contribution in [0.5, 0.6) is 11.5 Å². The number of phenolic OH excluding ortho intramolecular Hbond substituents is 1. The van der Waals surface area contributed by atoms with E-state index in [1.165, 1.54) is 12.5 Å². The van der Waals surface area contributed by atoms with Crippen molar-refractivity contribution in [1.82, 2.24) is 15.5 Å². The lowest BCUT2D eigenvalue weighted by atomic mass is 9.77. The van der Waals surface area contributed by atoms with Crippen LogP contribution >= 0.6 is 21.6 Å². The Bertz CT molecular complexity index is 1990. The number of dihydropyridines is 1. The molecule has 1 spiro atoms. The molecule has 0 radical (unpaired) electrons. The highest BCUT2D eigenvalue weighted by atomic mass is 33.1. The standard InChI is InChI=1S/C51H74N6O6S2/c1-36(58)62-44-20-19-39-27-41(48(61)45(28-39)63-43-15-7-8-16-43)33-57-35-50(32-47(57)60,31-40-21-25-54-46(52)29-40)24-26-55-49(53)56-51(22-9-10-23-51)65-64-34-38(13-5-6-14-42(59)30-44)18-17-37-11-3-2-4-12-37/h2-4,11-12,21,27-29,38,42-44,54,59,61H,5-10,13-20,22-26,30-35,52H2,1H3,(H3,53,55,56). The molecule has 2 saturated carbocycles. The van der Waals surface area contributed by atoms with Crippen LogP contribution in [0.3, 0.4) is 0 Å². The molecule has 3 aliphatic heterocycles. The summed E-state index contributed by atoms with van der Waals surface area (Å²) in [6, 6.07) is 14.6. The number of esters is 1. The monoisotopic (exact) mass is 931 g/mol. The van der Waals surface area contributed by atoms with Crippen molar-refractivity contribution < 1.29 is 29.3 Å². The normalized spacial score (nSPS) is 26.7. The molecule has 1 amide bonds. The van der Waals surface area contributed by atoms with Gasteiger partial charge in [0, 0.05) is 62.7 Å². The highest BCUT2D eigenvalue weighted by Gasteiger charge is 2.44. The first-order valence-electron chi connectivity index (χ1n) is 24.4. The second kappa shape index (κ2) is 23.6. The minimum Gasteiger partial charge on any atom is -0.504 e. The van der Waals surface area contributed by atoms with Crippen molar-refractivity contribution in [3.05, 3.63) is 82.7 Å². The predicted molar refractivity (Wildman–Crippen MR) is 263 cm³/mol. The highest BCUT2D eigenvalue weighted by Crippen LogP contribution is 2.47. The zero-order valence-electron chi connectivity index (χ0n) is 38.6. The van der Waals surface area contributed by atoms with Crippen LogP contribution in [-0.2, 0) is 33.7 Å². The number of aryl methyl sites for hydroxylation is 2. The van der Waals surface area contributed by atoms with Gasteiger partial charge in [-0.05, 0) is 125 Å². The first-order chi connectivity index (χ1) is 31.4. The van der Waals surface area contributed by atoms with E-state index < -0.39 is 17.6 Å². The minimum absolute atomic E-state index is 0.0179. The minimum atomic E-state index is -0.600. The Balaban J connectivity index is 1.15. The van der Waals surface area contributed by atoms with E-state index in [0.717, 1.165) is 100 Å². The Hall–Kier alpha value is -4.01. The van der Waals surface area contributed by atoms with Crippen LogP contribution < -0.4 is 26.8 Å². The van der Waals surface area contributed by atoms with Crippen LogP contribution in [0.15, 0.2) is 71.0 Å². The van der Waals surface area contributed by atoms with E-state index in [1.807, 2.05) is 44.7 Å². The van der Waals surface area contributed by atoms with Gasteiger partial charge in [0.2, 0.25) is 5.91 Å². The van der Waals surface area contributed by atoms with Gasteiger partial charge in [0.05, 0.1) is 22.9 Å². The van der Waals surface area contributed by atoms with Gasteiger partial charge >= 0.3 is 5.97 Å². The Kier molecular flexibility index (Phi) is 17.8. The fourth-order valence-corrected chi connectivity index (χ4v) is 14.1. The number of nitrogens with one attached hydrogen (secondary N) is 2. The number of aliphatic hydroxyl groups is 1. The molecule has 356 valence electrons. The molecule has 0 aromatic heterocycles. The molecule has 4 atom stereocenters. The number of hydrogen-bond donors (Lipinski definition) is 6. The maximum atomic E-state index is 14.2. The van der Waals surface area contributed by atoms with Crippen molar-refractivity contribution in [2.45, 2.75) is 165 Å². The predicted octanol–water partition coefficient (Wildman–Crippen LogP) is 8.54. The molecule has 4 bridgehead atoms. The molecule has 2 aromatic carbocycles. The van der Waals surface area contributed by atoms with E-state index in [9.17, 15) is 19.8 Å². The van der Waals surface area contributed by atoms with Crippen LogP contribution in [0.1, 0.15) is 139 Å². The molecule has 4 unspecified atom stereocenters. The number of guanidine groups is 1. The number of aliphatic imine (C=N–C) groups is 1. The third-order valence-electron chi connectivity index (χ3n) is 14.1. The number of amides is 1. The van der Waals surface area contributed by atoms with Gasteiger partial charge in [-0.1, -0.05) is 89.7 Å². The van der Waals surface area contributed by atoms with Crippen LogP contribution in [-0.4, -0.2) is 81.5 Å². The summed E-state index contributed by atoms with van der Waals surface area (Å²) in [4.78, 5) is 33.1. The highest BCUT2D eigenvalue weighted by molar-refractivity contribution is 8.77. The second-order valence-corrected chi connectivity index (χ2v) is 22.3. The number of aromatic hydroxyl groups is 1. The van der Waals surface area contributed by atoms with Crippen molar-refractivity contribution in [2.24, 2.45) is 27.8 Å². The van der Waals surface area contributed by atoms with Gasteiger partial charge < -0.3 is 46.7 Å². The summed E-state index contributed by atoms with van der Waals surface area (Å²) in [7, 11) is 3.86. The van der Waals surface area contributed by atoms with Crippen LogP contribution in [0, 0.1) is 11.3 Å². The maximum Gasteiger partial charge on any atom is 0.302 e. The van der Waals surface area contributed by atoms with Gasteiger partial charge in [-0.25, -0.2) is 0 Å². The molecule has 12 nitrogen and oxygen atoms in total. The number of hydrogen-bond acceptors (Lipinski definition) is 13. The zero-order chi connectivity index (χ0) is 45.7. The van der Waals surface area contributed by atoms with Crippen LogP contribution in [0.25, 0.3) is 0 Å². The summed E-state index contributed by atoms with van der Waals surface area (Å²) >= 11 is 0. The number of allylic oxidation sites excluding steroid dienone is 2. The summed E-state index contributed by atoms with van der Waals surface area (Å²) in [6.07, 6.45) is 20.2. The number of rotatable bonds is 8. The molecule has 1 saturated heterocycles. The van der Waals surface area contributed by atoms with Crippen LogP contribution in [0.4, 0.5) is 0 Å². The summed E-state index contributed by atoms with van der Waals surface area (Å²) in [5.74, 6) is 2.76. The SMILES string of the molecule is CC(=O)OC1CCc2cc(c(O)c(OC3CCCC3)c2)CN2CC(CC3=CCNC(N)=C3)(CCN=C(N)NC3(CCCC3)SSCC(CCc3ccccc3)CCCCC(O)C1)CC2=O. The lowest BCUT2D eigenvalue weighted by molar-refractivity contribution is -0.148. The Morgan fingerprint density at radius 1 is 0.985 bits per heavy atom. The number of carbonyl (C=O) groups excluding carboxylic acids is 2. The number of carbonyl (C=O) groups is 2. The quantitative estimate of drug-likeness (QED) is 0.110. The van der Waals surface area contributed by atoms with Crippen LogP contribution in [0.2, 0.25) is 0 Å². The molecule has 8 N–H and O–H groups in total. The summed E-state index contributed by atoms with van der Waals surface area (Å²) in [5.41, 5.74) is 16.6. The van der Waals surface area contributed by atoms with Crippen molar-refractivity contribution in [1.29, 1.82) is 0 Å². The lowest BCUT2D eigenvalue weighted by Crippen LogP contribution is -2.47. The first kappa shape index (κ1) is 48.9. The molecular weight excluding hydrogens is 857 g/mol. The number of nitrogens with two attached hydrogens (primary N) is 2. The van der Waals surface area contributed by atoms with Gasteiger partial charge in [-0.3, -0.25) is 14.6 Å². The molecule has 2 aliphatic carbocycles. The van der Waals surface area contributed by atoms with Crippen molar-refractivity contribution in [3.8, 4) is 11.5 Å². The number of ether oxygens (including phenoxy) is 2. The fourth-order valence-electron chi connectivity index (χ4n) is 10.6. The van der Waals surface area contributed by atoms with E-state index in [-0.39, 0.29) is 35.1 Å². The number of benzene rings is 2. The molecule has 14 heteroatoms. The van der Waals surface area contributed by atoms with Crippen molar-refractivity contribution >= 4 is 39.4 Å². The average Bonchev–Trinajstić information content (AvgIpc) is 4.03. The van der Waals surface area contributed by atoms with Gasteiger partial charge in [-0.15, -0.1) is 0 Å². The van der Waals surface area contributed by atoms with Gasteiger partial charge in [0.15, 0.2) is 17.5 Å². The van der Waals surface area contributed by atoms with E-state index in [0.29, 0.717) is 93.6 Å². The third-order valence-corrected chi connectivity index (χ3v) is 17.4. The van der Waals surface area contributed by atoms with E-state index >= 15 is 0 Å². The van der Waals surface area contributed by atoms with Gasteiger partial charge in [0.1, 0.15) is 6.10 Å². The third kappa shape index (κ3) is 14.7. The smallest absolute Gasteiger partial charge is 0.302 e. The molecular formula is C51H74N6O6S2. The molecule has 65 heavy (non-hydrogen) atoms. The Labute approximate surface area is 395 Å². The van der Waals surface area contributed by atoms with E-state index in [2.05, 4.69) is 47.0 Å². The fraction of sp³-hybridized carbons (Fsp3) is 0.627.